The Hall–Kier alpha value is -3.00. The molecule has 0 aliphatic carbocycles. The van der Waals surface area contributed by atoms with E-state index in [1.807, 2.05) is 12.1 Å². The molecule has 128 valence electrons. The minimum absolute atomic E-state index is 0.133. The van der Waals surface area contributed by atoms with Crippen LogP contribution < -0.4 is 15.0 Å². The van der Waals surface area contributed by atoms with Crippen LogP contribution in [0.3, 0.4) is 0 Å². The lowest BCUT2D eigenvalue weighted by Crippen LogP contribution is -2.36. The van der Waals surface area contributed by atoms with Gasteiger partial charge in [0.05, 0.1) is 16.8 Å². The van der Waals surface area contributed by atoms with E-state index in [4.69, 9.17) is 9.47 Å². The van der Waals surface area contributed by atoms with Gasteiger partial charge < -0.3 is 24.3 Å². The Morgan fingerprint density at radius 1 is 1.28 bits per heavy atom. The second-order valence-corrected chi connectivity index (χ2v) is 6.49. The average Bonchev–Trinajstić information content (AvgIpc) is 3.07. The third-order valence-electron chi connectivity index (χ3n) is 4.01. The SMILES string of the molecule is O=C(O)c1c(O)c(=O)n(CC2COc3ccccc3O2)c2ccsc12. The number of carboxylic acid groups (broad SMARTS) is 1. The Bertz CT molecular complexity index is 1040. The van der Waals surface area contributed by atoms with Crippen molar-refractivity contribution in [3.8, 4) is 17.2 Å². The number of rotatable bonds is 3. The quantitative estimate of drug-likeness (QED) is 0.745. The van der Waals surface area contributed by atoms with Crippen molar-refractivity contribution in [3.63, 3.8) is 0 Å². The van der Waals surface area contributed by atoms with E-state index in [9.17, 15) is 19.8 Å². The molecule has 0 bridgehead atoms. The van der Waals surface area contributed by atoms with Crippen molar-refractivity contribution in [3.05, 3.63) is 51.6 Å². The highest BCUT2D eigenvalue weighted by molar-refractivity contribution is 7.17. The van der Waals surface area contributed by atoms with E-state index >= 15 is 0 Å². The number of para-hydroxylation sites is 2. The summed E-state index contributed by atoms with van der Waals surface area (Å²) in [5.41, 5.74) is -0.671. The number of hydrogen-bond acceptors (Lipinski definition) is 6. The number of fused-ring (bicyclic) bond motifs is 2. The maximum atomic E-state index is 12.5. The van der Waals surface area contributed by atoms with Gasteiger partial charge in [-0.15, -0.1) is 11.3 Å². The lowest BCUT2D eigenvalue weighted by Gasteiger charge is -2.27. The first-order chi connectivity index (χ1) is 12.1. The lowest BCUT2D eigenvalue weighted by atomic mass is 10.2. The molecule has 7 nitrogen and oxygen atoms in total. The van der Waals surface area contributed by atoms with Crippen LogP contribution in [0.15, 0.2) is 40.5 Å². The number of benzene rings is 1. The van der Waals surface area contributed by atoms with Gasteiger partial charge in [-0.25, -0.2) is 4.79 Å². The van der Waals surface area contributed by atoms with E-state index in [2.05, 4.69) is 0 Å². The summed E-state index contributed by atoms with van der Waals surface area (Å²) >= 11 is 1.16. The smallest absolute Gasteiger partial charge is 0.341 e. The number of aromatic carboxylic acids is 1. The normalized spacial score (nSPS) is 16.1. The van der Waals surface area contributed by atoms with Crippen LogP contribution in [0.2, 0.25) is 0 Å². The maximum Gasteiger partial charge on any atom is 0.341 e. The fourth-order valence-electron chi connectivity index (χ4n) is 2.89. The monoisotopic (exact) mass is 359 g/mol. The van der Waals surface area contributed by atoms with Crippen molar-refractivity contribution in [2.24, 2.45) is 0 Å². The molecule has 0 radical (unpaired) electrons. The van der Waals surface area contributed by atoms with Gasteiger partial charge in [0.15, 0.2) is 23.4 Å². The van der Waals surface area contributed by atoms with Gasteiger partial charge in [-0.3, -0.25) is 4.79 Å². The molecule has 0 spiro atoms. The van der Waals surface area contributed by atoms with E-state index in [1.165, 1.54) is 4.57 Å². The Morgan fingerprint density at radius 3 is 2.80 bits per heavy atom. The number of pyridine rings is 1. The Labute approximate surface area is 145 Å². The predicted octanol–water partition coefficient (Wildman–Crippen LogP) is 2.31. The number of thiophene rings is 1. The number of aromatic hydroxyl groups is 1. The number of hydrogen-bond donors (Lipinski definition) is 2. The van der Waals surface area contributed by atoms with Gasteiger partial charge in [0.25, 0.3) is 5.56 Å². The molecule has 0 saturated heterocycles. The summed E-state index contributed by atoms with van der Waals surface area (Å²) < 4.78 is 13.2. The average molecular weight is 359 g/mol. The second-order valence-electron chi connectivity index (χ2n) is 5.58. The van der Waals surface area contributed by atoms with Crippen LogP contribution in [-0.4, -0.2) is 33.5 Å². The number of carboxylic acids is 1. The van der Waals surface area contributed by atoms with Gasteiger partial charge in [-0.1, -0.05) is 12.1 Å². The highest BCUT2D eigenvalue weighted by Crippen LogP contribution is 2.32. The van der Waals surface area contributed by atoms with Crippen LogP contribution in [0.5, 0.6) is 17.2 Å². The largest absolute Gasteiger partial charge is 0.502 e. The van der Waals surface area contributed by atoms with Gasteiger partial charge in [0, 0.05) is 0 Å². The fraction of sp³-hybridized carbons (Fsp3) is 0.176. The predicted molar refractivity (Wildman–Crippen MR) is 91.1 cm³/mol. The molecule has 1 aromatic carbocycles. The first-order valence-electron chi connectivity index (χ1n) is 7.51. The molecule has 8 heteroatoms. The van der Waals surface area contributed by atoms with Crippen molar-refractivity contribution >= 4 is 27.5 Å². The number of carbonyl (C=O) groups is 1. The molecule has 2 N–H and O–H groups in total. The zero-order valence-electron chi connectivity index (χ0n) is 12.8. The molecule has 0 fully saturated rings. The molecule has 4 rings (SSSR count). The van der Waals surface area contributed by atoms with Gasteiger partial charge in [0.2, 0.25) is 0 Å². The Balaban J connectivity index is 1.75. The fourth-order valence-corrected chi connectivity index (χ4v) is 3.82. The Morgan fingerprint density at radius 2 is 2.04 bits per heavy atom. The van der Waals surface area contributed by atoms with Crippen LogP contribution >= 0.6 is 11.3 Å². The van der Waals surface area contributed by atoms with E-state index in [0.717, 1.165) is 11.3 Å². The van der Waals surface area contributed by atoms with E-state index in [-0.39, 0.29) is 18.7 Å². The van der Waals surface area contributed by atoms with Crippen LogP contribution in [0.1, 0.15) is 10.4 Å². The first-order valence-corrected chi connectivity index (χ1v) is 8.39. The van der Waals surface area contributed by atoms with Crippen LogP contribution in [-0.2, 0) is 6.54 Å². The highest BCUT2D eigenvalue weighted by Gasteiger charge is 2.26. The lowest BCUT2D eigenvalue weighted by molar-refractivity contribution is 0.0695. The summed E-state index contributed by atoms with van der Waals surface area (Å²) in [6, 6.07) is 8.88. The van der Waals surface area contributed by atoms with Crippen molar-refractivity contribution in [2.45, 2.75) is 12.6 Å². The third-order valence-corrected chi connectivity index (χ3v) is 4.94. The van der Waals surface area contributed by atoms with Crippen LogP contribution in [0.25, 0.3) is 10.2 Å². The minimum Gasteiger partial charge on any atom is -0.502 e. The third kappa shape index (κ3) is 2.51. The topological polar surface area (TPSA) is 98.0 Å². The zero-order valence-corrected chi connectivity index (χ0v) is 13.7. The maximum absolute atomic E-state index is 12.5. The van der Waals surface area contributed by atoms with Crippen LogP contribution in [0.4, 0.5) is 0 Å². The second kappa shape index (κ2) is 5.82. The molecule has 0 saturated carbocycles. The summed E-state index contributed by atoms with van der Waals surface area (Å²) in [7, 11) is 0. The van der Waals surface area contributed by atoms with Gasteiger partial charge in [-0.05, 0) is 23.6 Å². The zero-order chi connectivity index (χ0) is 17.6. The molecular weight excluding hydrogens is 346 g/mol. The molecule has 3 heterocycles. The summed E-state index contributed by atoms with van der Waals surface area (Å²) in [5.74, 6) is -0.879. The van der Waals surface area contributed by atoms with Gasteiger partial charge in [0.1, 0.15) is 12.2 Å². The summed E-state index contributed by atoms with van der Waals surface area (Å²) in [5, 5.41) is 21.0. The molecule has 1 unspecified atom stereocenters. The van der Waals surface area contributed by atoms with Gasteiger partial charge in [-0.2, -0.15) is 0 Å². The van der Waals surface area contributed by atoms with E-state index < -0.39 is 23.4 Å². The molecular formula is C17H13NO6S. The molecule has 3 aromatic rings. The number of nitrogens with zero attached hydrogens (tertiary/aromatic N) is 1. The van der Waals surface area contributed by atoms with E-state index in [0.29, 0.717) is 21.7 Å². The number of ether oxygens (including phenoxy) is 2. The molecule has 2 aromatic heterocycles. The summed E-state index contributed by atoms with van der Waals surface area (Å²) in [6.45, 7) is 0.379. The molecule has 1 aliphatic rings. The highest BCUT2D eigenvalue weighted by atomic mass is 32.1. The van der Waals surface area contributed by atoms with E-state index in [1.54, 1.807) is 23.6 Å². The molecule has 0 amide bonds. The van der Waals surface area contributed by atoms with Crippen LogP contribution in [0, 0.1) is 0 Å². The van der Waals surface area contributed by atoms with Crippen molar-refractivity contribution < 1.29 is 24.5 Å². The van der Waals surface area contributed by atoms with Gasteiger partial charge >= 0.3 is 5.97 Å². The molecule has 1 atom stereocenters. The minimum atomic E-state index is -1.33. The summed E-state index contributed by atoms with van der Waals surface area (Å²) in [4.78, 5) is 23.9. The molecule has 1 aliphatic heterocycles. The first kappa shape index (κ1) is 15.5. The molecule has 25 heavy (non-hydrogen) atoms. The number of aromatic nitrogens is 1. The Kier molecular flexibility index (Phi) is 3.61. The van der Waals surface area contributed by atoms with Crippen molar-refractivity contribution in [1.82, 2.24) is 4.57 Å². The van der Waals surface area contributed by atoms with Crippen molar-refractivity contribution in [2.75, 3.05) is 6.61 Å². The van der Waals surface area contributed by atoms with Crippen molar-refractivity contribution in [1.29, 1.82) is 0 Å². The standard InChI is InChI=1S/C17H13NO6S/c19-14-13(17(21)22)15-10(5-6-25-15)18(16(14)20)7-9-8-23-11-3-1-2-4-12(11)24-9/h1-6,9,19H,7-8H2,(H,21,22). The summed E-state index contributed by atoms with van der Waals surface area (Å²) in [6.07, 6.45) is -0.439.